The largest absolute Gasteiger partial charge is 0.330 e. The lowest BCUT2D eigenvalue weighted by Gasteiger charge is -2.06. The molecular formula is C10H21NO. The number of carbonyl (C=O) groups excluding carboxylic acids is 1. The van der Waals surface area contributed by atoms with E-state index in [0.29, 0.717) is 12.3 Å². The topological polar surface area (TPSA) is 43.1 Å². The molecule has 0 amide bonds. The van der Waals surface area contributed by atoms with Gasteiger partial charge in [0.15, 0.2) is 0 Å². The van der Waals surface area contributed by atoms with Gasteiger partial charge in [0, 0.05) is 18.9 Å². The SMILES string of the molecule is CCCCCCC(=O)C(C)CN. The molecule has 0 aromatic carbocycles. The van der Waals surface area contributed by atoms with Crippen LogP contribution in [0.4, 0.5) is 0 Å². The summed E-state index contributed by atoms with van der Waals surface area (Å²) in [5.74, 6) is 0.389. The minimum Gasteiger partial charge on any atom is -0.330 e. The fourth-order valence-electron chi connectivity index (χ4n) is 1.10. The molecule has 1 atom stereocenters. The van der Waals surface area contributed by atoms with E-state index in [1.807, 2.05) is 6.92 Å². The number of unbranched alkanes of at least 4 members (excludes halogenated alkanes) is 3. The van der Waals surface area contributed by atoms with Crippen LogP contribution in [0.1, 0.15) is 46.0 Å². The predicted molar refractivity (Wildman–Crippen MR) is 52.0 cm³/mol. The predicted octanol–water partition coefficient (Wildman–Crippen LogP) is 2.12. The molecule has 0 rings (SSSR count). The zero-order valence-corrected chi connectivity index (χ0v) is 8.31. The number of hydrogen-bond donors (Lipinski definition) is 1. The van der Waals surface area contributed by atoms with Crippen LogP contribution in [0.25, 0.3) is 0 Å². The number of hydrogen-bond acceptors (Lipinski definition) is 2. The molecule has 0 aromatic rings. The molecule has 2 N–H and O–H groups in total. The van der Waals surface area contributed by atoms with Gasteiger partial charge in [-0.25, -0.2) is 0 Å². The van der Waals surface area contributed by atoms with Crippen LogP contribution in [0.15, 0.2) is 0 Å². The van der Waals surface area contributed by atoms with Crippen molar-refractivity contribution in [2.24, 2.45) is 11.7 Å². The van der Waals surface area contributed by atoms with Crippen LogP contribution in [-0.4, -0.2) is 12.3 Å². The highest BCUT2D eigenvalue weighted by molar-refractivity contribution is 5.80. The molecule has 0 bridgehead atoms. The van der Waals surface area contributed by atoms with Crippen LogP contribution >= 0.6 is 0 Å². The molecule has 0 saturated carbocycles. The Morgan fingerprint density at radius 2 is 2.00 bits per heavy atom. The van der Waals surface area contributed by atoms with E-state index in [9.17, 15) is 4.79 Å². The van der Waals surface area contributed by atoms with Crippen molar-refractivity contribution >= 4 is 5.78 Å². The van der Waals surface area contributed by atoms with Crippen molar-refractivity contribution in [2.75, 3.05) is 6.54 Å². The van der Waals surface area contributed by atoms with Crippen molar-refractivity contribution in [2.45, 2.75) is 46.0 Å². The molecule has 12 heavy (non-hydrogen) atoms. The summed E-state index contributed by atoms with van der Waals surface area (Å²) in [7, 11) is 0. The summed E-state index contributed by atoms with van der Waals surface area (Å²) in [6.07, 6.45) is 5.40. The molecular weight excluding hydrogens is 150 g/mol. The highest BCUT2D eigenvalue weighted by Crippen LogP contribution is 2.06. The van der Waals surface area contributed by atoms with Crippen molar-refractivity contribution in [3.8, 4) is 0 Å². The van der Waals surface area contributed by atoms with Crippen LogP contribution in [-0.2, 0) is 4.79 Å². The van der Waals surface area contributed by atoms with Crippen LogP contribution < -0.4 is 5.73 Å². The van der Waals surface area contributed by atoms with Gasteiger partial charge in [-0.2, -0.15) is 0 Å². The van der Waals surface area contributed by atoms with Gasteiger partial charge in [-0.15, -0.1) is 0 Å². The first-order valence-corrected chi connectivity index (χ1v) is 4.95. The van der Waals surface area contributed by atoms with Gasteiger partial charge >= 0.3 is 0 Å². The zero-order valence-electron chi connectivity index (χ0n) is 8.31. The first kappa shape index (κ1) is 11.6. The number of Topliss-reactive ketones (excluding diaryl/α,β-unsaturated/α-hetero) is 1. The first-order chi connectivity index (χ1) is 5.72. The van der Waals surface area contributed by atoms with E-state index >= 15 is 0 Å². The summed E-state index contributed by atoms with van der Waals surface area (Å²) in [5.41, 5.74) is 5.38. The van der Waals surface area contributed by atoms with Gasteiger partial charge in [0.1, 0.15) is 5.78 Å². The quantitative estimate of drug-likeness (QED) is 0.596. The van der Waals surface area contributed by atoms with E-state index in [2.05, 4.69) is 6.92 Å². The molecule has 2 heteroatoms. The Morgan fingerprint density at radius 3 is 2.50 bits per heavy atom. The normalized spacial score (nSPS) is 12.9. The zero-order chi connectivity index (χ0) is 9.40. The third kappa shape index (κ3) is 5.30. The van der Waals surface area contributed by atoms with Crippen LogP contribution in [0, 0.1) is 5.92 Å². The second-order valence-corrected chi connectivity index (χ2v) is 3.41. The van der Waals surface area contributed by atoms with Gasteiger partial charge < -0.3 is 5.73 Å². The third-order valence-electron chi connectivity index (χ3n) is 2.18. The van der Waals surface area contributed by atoms with Crippen molar-refractivity contribution in [1.29, 1.82) is 0 Å². The molecule has 0 aromatic heterocycles. The summed E-state index contributed by atoms with van der Waals surface area (Å²) >= 11 is 0. The highest BCUT2D eigenvalue weighted by atomic mass is 16.1. The summed E-state index contributed by atoms with van der Waals surface area (Å²) in [6, 6.07) is 0. The van der Waals surface area contributed by atoms with E-state index in [1.165, 1.54) is 19.3 Å². The van der Waals surface area contributed by atoms with E-state index < -0.39 is 0 Å². The molecule has 0 aliphatic carbocycles. The van der Waals surface area contributed by atoms with Crippen LogP contribution in [0.3, 0.4) is 0 Å². The van der Waals surface area contributed by atoms with Gasteiger partial charge in [-0.1, -0.05) is 33.1 Å². The van der Waals surface area contributed by atoms with Gasteiger partial charge in [0.25, 0.3) is 0 Å². The van der Waals surface area contributed by atoms with Crippen LogP contribution in [0.2, 0.25) is 0 Å². The Morgan fingerprint density at radius 1 is 1.33 bits per heavy atom. The second-order valence-electron chi connectivity index (χ2n) is 3.41. The maximum atomic E-state index is 11.3. The van der Waals surface area contributed by atoms with Gasteiger partial charge in [-0.05, 0) is 6.42 Å². The van der Waals surface area contributed by atoms with Gasteiger partial charge in [-0.3, -0.25) is 4.79 Å². The fourth-order valence-corrected chi connectivity index (χ4v) is 1.10. The Kier molecular flexibility index (Phi) is 7.06. The maximum absolute atomic E-state index is 11.3. The Labute approximate surface area is 75.5 Å². The lowest BCUT2D eigenvalue weighted by Crippen LogP contribution is -2.20. The van der Waals surface area contributed by atoms with Crippen LogP contribution in [0.5, 0.6) is 0 Å². The molecule has 0 spiro atoms. The van der Waals surface area contributed by atoms with Crippen molar-refractivity contribution in [3.63, 3.8) is 0 Å². The highest BCUT2D eigenvalue weighted by Gasteiger charge is 2.09. The molecule has 0 heterocycles. The molecule has 2 nitrogen and oxygen atoms in total. The monoisotopic (exact) mass is 171 g/mol. The molecule has 0 radical (unpaired) electrons. The van der Waals surface area contributed by atoms with Crippen molar-refractivity contribution in [3.05, 3.63) is 0 Å². The molecule has 0 fully saturated rings. The minimum absolute atomic E-state index is 0.0617. The maximum Gasteiger partial charge on any atom is 0.136 e. The average molecular weight is 171 g/mol. The minimum atomic E-state index is 0.0617. The third-order valence-corrected chi connectivity index (χ3v) is 2.18. The second kappa shape index (κ2) is 7.29. The summed E-state index contributed by atoms with van der Waals surface area (Å²) < 4.78 is 0. The molecule has 0 aliphatic heterocycles. The summed E-state index contributed by atoms with van der Waals surface area (Å²) in [5, 5.41) is 0. The number of rotatable bonds is 7. The molecule has 0 saturated heterocycles. The lowest BCUT2D eigenvalue weighted by molar-refractivity contribution is -0.122. The van der Waals surface area contributed by atoms with E-state index in [-0.39, 0.29) is 5.92 Å². The van der Waals surface area contributed by atoms with E-state index in [1.54, 1.807) is 0 Å². The number of carbonyl (C=O) groups is 1. The van der Waals surface area contributed by atoms with E-state index in [0.717, 1.165) is 12.8 Å². The Hall–Kier alpha value is -0.370. The van der Waals surface area contributed by atoms with E-state index in [4.69, 9.17) is 5.73 Å². The van der Waals surface area contributed by atoms with Gasteiger partial charge in [0.2, 0.25) is 0 Å². The first-order valence-electron chi connectivity index (χ1n) is 4.95. The fraction of sp³-hybridized carbons (Fsp3) is 0.900. The Balaban J connectivity index is 3.31. The average Bonchev–Trinajstić information content (AvgIpc) is 2.10. The Bertz CT molecular complexity index is 123. The van der Waals surface area contributed by atoms with Crippen molar-refractivity contribution in [1.82, 2.24) is 0 Å². The standard InChI is InChI=1S/C10H21NO/c1-3-4-5-6-7-10(12)9(2)8-11/h9H,3-8,11H2,1-2H3. The smallest absolute Gasteiger partial charge is 0.136 e. The number of nitrogens with two attached hydrogens (primary N) is 1. The molecule has 72 valence electrons. The molecule has 0 aliphatic rings. The summed E-state index contributed by atoms with van der Waals surface area (Å²) in [4.78, 5) is 11.3. The van der Waals surface area contributed by atoms with Crippen molar-refractivity contribution < 1.29 is 4.79 Å². The summed E-state index contributed by atoms with van der Waals surface area (Å²) in [6.45, 7) is 4.57. The lowest BCUT2D eigenvalue weighted by atomic mass is 10.0. The number of ketones is 1. The van der Waals surface area contributed by atoms with Gasteiger partial charge in [0.05, 0.1) is 0 Å². The molecule has 1 unspecified atom stereocenters.